The van der Waals surface area contributed by atoms with Gasteiger partial charge in [0.05, 0.1) is 0 Å². The molecule has 3 aliphatic rings. The largest absolute Gasteiger partial charge is 1.00 e. The van der Waals surface area contributed by atoms with Crippen molar-refractivity contribution in [3.05, 3.63) is 173 Å². The summed E-state index contributed by atoms with van der Waals surface area (Å²) in [5.74, 6) is 4.87. The zero-order chi connectivity index (χ0) is 29.4. The molecule has 1 aliphatic heterocycles. The number of aromatic nitrogens is 1. The summed E-state index contributed by atoms with van der Waals surface area (Å²) < 4.78 is 0. The molecule has 2 heterocycles. The van der Waals surface area contributed by atoms with Crippen molar-refractivity contribution in [1.82, 2.24) is 4.98 Å². The van der Waals surface area contributed by atoms with Crippen LogP contribution in [0.4, 0.5) is 0 Å². The molecule has 0 radical (unpaired) electrons. The minimum atomic E-state index is 0. The Balaban J connectivity index is 0.000000151. The Morgan fingerprint density at radius 3 is 1.67 bits per heavy atom. The van der Waals surface area contributed by atoms with Gasteiger partial charge in [0, 0.05) is 31.1 Å². The van der Waals surface area contributed by atoms with Crippen molar-refractivity contribution in [3.63, 3.8) is 0 Å². The van der Waals surface area contributed by atoms with Gasteiger partial charge in [-0.2, -0.15) is 0 Å². The van der Waals surface area contributed by atoms with E-state index < -0.39 is 0 Å². The molecule has 0 N–H and O–H groups in total. The summed E-state index contributed by atoms with van der Waals surface area (Å²) in [6, 6.07) is 33.2. The average molecular weight is 945 g/mol. The molecule has 4 heteroatoms. The smallest absolute Gasteiger partial charge is 0.366 e. The third kappa shape index (κ3) is 8.20. The minimum Gasteiger partial charge on any atom is -0.366 e. The molecule has 0 saturated carbocycles. The average Bonchev–Trinajstić information content (AvgIpc) is 3.63. The van der Waals surface area contributed by atoms with Crippen LogP contribution in [0.3, 0.4) is 0 Å². The minimum absolute atomic E-state index is 0. The molecule has 1 aromatic heterocycles. The van der Waals surface area contributed by atoms with Crippen molar-refractivity contribution in [1.29, 1.82) is 0 Å². The number of benzene rings is 4. The molecule has 0 atom stereocenters. The Bertz CT molecular complexity index is 1820. The van der Waals surface area contributed by atoms with Crippen molar-refractivity contribution in [2.45, 2.75) is 25.7 Å². The molecule has 5 aromatic rings. The van der Waals surface area contributed by atoms with Crippen LogP contribution in [-0.4, -0.2) is 17.2 Å². The van der Waals surface area contributed by atoms with Gasteiger partial charge in [-0.3, -0.25) is 21.8 Å². The molecule has 8 rings (SSSR count). The Morgan fingerprint density at radius 1 is 0.622 bits per heavy atom. The summed E-state index contributed by atoms with van der Waals surface area (Å²) in [4.78, 5) is 8.50. The van der Waals surface area contributed by atoms with Crippen LogP contribution in [0.2, 0.25) is 0 Å². The molecule has 2 nitrogen and oxygen atoms in total. The SMILES string of the molecule is C1=CC(Cc2cccnc2)=NCC1.[Au+].[Au+].[C-]#Cc1ccc2c(c1)Cc1ccccc1-2.[C-]#Cc1ccc2c(c1)Cc1ccccc1-2. The third-order valence-electron chi connectivity index (χ3n) is 7.90. The van der Waals surface area contributed by atoms with Crippen LogP contribution in [0.1, 0.15) is 45.4 Å². The zero-order valence-corrected chi connectivity index (χ0v) is 28.9. The van der Waals surface area contributed by atoms with E-state index in [0.717, 1.165) is 43.4 Å². The van der Waals surface area contributed by atoms with Gasteiger partial charge in [0.15, 0.2) is 0 Å². The fourth-order valence-corrected chi connectivity index (χ4v) is 5.83. The number of aliphatic imine (C=N–C) groups is 1. The third-order valence-corrected chi connectivity index (χ3v) is 7.90. The molecule has 2 aliphatic carbocycles. The van der Waals surface area contributed by atoms with Gasteiger partial charge in [-0.05, 0) is 70.3 Å². The summed E-state index contributed by atoms with van der Waals surface area (Å²) in [5.41, 5.74) is 14.8. The Labute approximate surface area is 298 Å². The molecule has 0 spiro atoms. The second-order valence-electron chi connectivity index (χ2n) is 10.8. The van der Waals surface area contributed by atoms with Gasteiger partial charge in [0.1, 0.15) is 0 Å². The molecule has 0 bridgehead atoms. The van der Waals surface area contributed by atoms with E-state index in [1.165, 1.54) is 55.8 Å². The van der Waals surface area contributed by atoms with E-state index in [4.69, 9.17) is 12.8 Å². The molecular formula is C41H30Au2N2. The van der Waals surface area contributed by atoms with Gasteiger partial charge >= 0.3 is 44.8 Å². The maximum absolute atomic E-state index is 7.12. The van der Waals surface area contributed by atoms with Crippen molar-refractivity contribution in [2.75, 3.05) is 6.54 Å². The van der Waals surface area contributed by atoms with E-state index >= 15 is 0 Å². The van der Waals surface area contributed by atoms with Gasteiger partial charge in [0.2, 0.25) is 0 Å². The van der Waals surface area contributed by atoms with Crippen LogP contribution < -0.4 is 0 Å². The predicted octanol–water partition coefficient (Wildman–Crippen LogP) is 8.41. The molecule has 4 aromatic carbocycles. The van der Waals surface area contributed by atoms with Crippen LogP contribution in [0.25, 0.3) is 22.3 Å². The molecule has 45 heavy (non-hydrogen) atoms. The van der Waals surface area contributed by atoms with E-state index in [9.17, 15) is 0 Å². The number of dihydropyridines is 1. The Morgan fingerprint density at radius 2 is 1.18 bits per heavy atom. The van der Waals surface area contributed by atoms with Crippen molar-refractivity contribution in [2.24, 2.45) is 4.99 Å². The number of nitrogens with zero attached hydrogens (tertiary/aromatic N) is 2. The van der Waals surface area contributed by atoms with Gasteiger partial charge in [-0.25, -0.2) is 0 Å². The second-order valence-corrected chi connectivity index (χ2v) is 10.8. The first-order chi connectivity index (χ1) is 21.2. The maximum atomic E-state index is 7.12. The van der Waals surface area contributed by atoms with Gasteiger partial charge < -0.3 is 12.8 Å². The van der Waals surface area contributed by atoms with Gasteiger partial charge in [0.25, 0.3) is 0 Å². The molecule has 226 valence electrons. The van der Waals surface area contributed by atoms with Crippen LogP contribution in [-0.2, 0) is 64.0 Å². The monoisotopic (exact) mass is 944 g/mol. The number of fused-ring (bicyclic) bond motifs is 6. The van der Waals surface area contributed by atoms with E-state index in [-0.39, 0.29) is 44.8 Å². The first-order valence-corrected chi connectivity index (χ1v) is 14.6. The Kier molecular flexibility index (Phi) is 12.3. The van der Waals surface area contributed by atoms with Crippen LogP contribution >= 0.6 is 0 Å². The normalized spacial score (nSPS) is 12.3. The summed E-state index contributed by atoms with van der Waals surface area (Å²) in [5, 5.41) is 0. The Hall–Kier alpha value is -3.96. The molecule has 0 saturated heterocycles. The summed E-state index contributed by atoms with van der Waals surface area (Å²) >= 11 is 0. The summed E-state index contributed by atoms with van der Waals surface area (Å²) in [6.45, 7) is 0.937. The fourth-order valence-electron chi connectivity index (χ4n) is 5.83. The number of hydrogen-bond donors (Lipinski definition) is 0. The topological polar surface area (TPSA) is 25.2 Å². The zero-order valence-electron chi connectivity index (χ0n) is 24.6. The van der Waals surface area contributed by atoms with Crippen molar-refractivity contribution >= 4 is 5.71 Å². The molecule has 0 fully saturated rings. The van der Waals surface area contributed by atoms with E-state index in [2.05, 4.69) is 113 Å². The van der Waals surface area contributed by atoms with Gasteiger partial charge in [-0.15, -0.1) is 35.4 Å². The number of allylic oxidation sites excluding steroid dienone is 1. The van der Waals surface area contributed by atoms with E-state index in [1.54, 1.807) is 6.20 Å². The van der Waals surface area contributed by atoms with Crippen LogP contribution in [0, 0.1) is 24.7 Å². The van der Waals surface area contributed by atoms with E-state index in [0.29, 0.717) is 0 Å². The number of rotatable bonds is 2. The first-order valence-electron chi connectivity index (χ1n) is 14.6. The molecular weight excluding hydrogens is 914 g/mol. The first kappa shape index (κ1) is 33.9. The van der Waals surface area contributed by atoms with Crippen LogP contribution in [0.15, 0.2) is 127 Å². The number of hydrogen-bond acceptors (Lipinski definition) is 2. The second kappa shape index (κ2) is 16.4. The fraction of sp³-hybridized carbons (Fsp3) is 0.122. The van der Waals surface area contributed by atoms with Crippen molar-refractivity contribution in [3.8, 4) is 34.1 Å². The number of pyridine rings is 1. The standard InChI is InChI=1S/2C15H9.C11H12N2.2Au/c2*1-2-11-7-8-15-13(9-11)10-12-5-3-4-6-14(12)15;1-2-7-13-11(5-1)8-10-4-3-6-12-9-10;;/h2*3-9H,10H2;1,3-6,9H,2,7-8H2;;/q2*-1;;2*+1. The van der Waals surface area contributed by atoms with E-state index in [1.807, 2.05) is 24.4 Å². The molecule has 0 unspecified atom stereocenters. The predicted molar refractivity (Wildman–Crippen MR) is 176 cm³/mol. The summed E-state index contributed by atoms with van der Waals surface area (Å²) in [6.07, 6.45) is 26.2. The summed E-state index contributed by atoms with van der Waals surface area (Å²) in [7, 11) is 0. The quantitative estimate of drug-likeness (QED) is 0.0972. The van der Waals surface area contributed by atoms with Gasteiger partial charge in [-0.1, -0.05) is 83.9 Å². The maximum Gasteiger partial charge on any atom is 1.00 e. The van der Waals surface area contributed by atoms with Crippen LogP contribution in [0.5, 0.6) is 0 Å². The molecule has 0 amide bonds. The van der Waals surface area contributed by atoms with Crippen molar-refractivity contribution < 1.29 is 44.8 Å².